The molecule has 0 aliphatic carbocycles. The number of H-pyrrole nitrogens is 1. The molecule has 1 aliphatic heterocycles. The van der Waals surface area contributed by atoms with E-state index in [4.69, 9.17) is 4.74 Å². The lowest BCUT2D eigenvalue weighted by Crippen LogP contribution is -2.37. The van der Waals surface area contributed by atoms with Crippen molar-refractivity contribution >= 4 is 5.91 Å². The fourth-order valence-corrected chi connectivity index (χ4v) is 2.33. The zero-order valence-electron chi connectivity index (χ0n) is 12.5. The molecule has 1 aliphatic rings. The summed E-state index contributed by atoms with van der Waals surface area (Å²) in [5.41, 5.74) is 0.594. The number of nitrogens with zero attached hydrogens (tertiary/aromatic N) is 1. The van der Waals surface area contributed by atoms with Crippen molar-refractivity contribution in [2.75, 3.05) is 39.4 Å². The van der Waals surface area contributed by atoms with E-state index in [1.165, 1.54) is 0 Å². The molecule has 1 aromatic heterocycles. The zero-order chi connectivity index (χ0) is 15.1. The molecule has 1 amide bonds. The van der Waals surface area contributed by atoms with E-state index in [0.717, 1.165) is 51.4 Å². The van der Waals surface area contributed by atoms with Crippen LogP contribution >= 0.6 is 0 Å². The van der Waals surface area contributed by atoms with Gasteiger partial charge in [-0.25, -0.2) is 0 Å². The van der Waals surface area contributed by atoms with Crippen LogP contribution in [-0.2, 0) is 4.74 Å². The highest BCUT2D eigenvalue weighted by atomic mass is 16.5. The van der Waals surface area contributed by atoms with Gasteiger partial charge in [0.05, 0.1) is 13.2 Å². The summed E-state index contributed by atoms with van der Waals surface area (Å²) in [5, 5.41) is 2.79. The SMILES string of the molecule is Cc1ccc(C(=O)NCCCCN2CCOCC2)c(=O)[nH]1. The number of hydrogen-bond donors (Lipinski definition) is 2. The number of amides is 1. The smallest absolute Gasteiger partial charge is 0.260 e. The Morgan fingerprint density at radius 2 is 2.10 bits per heavy atom. The van der Waals surface area contributed by atoms with Crippen molar-refractivity contribution in [1.29, 1.82) is 0 Å². The predicted octanol–water partition coefficient (Wildman–Crippen LogP) is 0.526. The van der Waals surface area contributed by atoms with Crippen LogP contribution in [0.4, 0.5) is 0 Å². The number of aromatic amines is 1. The van der Waals surface area contributed by atoms with Crippen LogP contribution in [0, 0.1) is 6.92 Å². The van der Waals surface area contributed by atoms with Crippen LogP contribution in [0.5, 0.6) is 0 Å². The number of hydrogen-bond acceptors (Lipinski definition) is 4. The molecule has 0 atom stereocenters. The van der Waals surface area contributed by atoms with Gasteiger partial charge in [0.2, 0.25) is 0 Å². The van der Waals surface area contributed by atoms with Gasteiger partial charge in [0.1, 0.15) is 5.56 Å². The number of ether oxygens (including phenoxy) is 1. The molecule has 1 fully saturated rings. The average molecular weight is 293 g/mol. The normalized spacial score (nSPS) is 15.9. The summed E-state index contributed by atoms with van der Waals surface area (Å²) in [4.78, 5) is 28.5. The van der Waals surface area contributed by atoms with E-state index in [-0.39, 0.29) is 17.0 Å². The highest BCUT2D eigenvalue weighted by Crippen LogP contribution is 2.00. The second-order valence-electron chi connectivity index (χ2n) is 5.30. The molecule has 21 heavy (non-hydrogen) atoms. The molecule has 2 heterocycles. The van der Waals surface area contributed by atoms with E-state index in [2.05, 4.69) is 15.2 Å². The van der Waals surface area contributed by atoms with Crippen molar-refractivity contribution < 1.29 is 9.53 Å². The predicted molar refractivity (Wildman–Crippen MR) is 80.6 cm³/mol. The Labute approximate surface area is 124 Å². The summed E-state index contributed by atoms with van der Waals surface area (Å²) >= 11 is 0. The zero-order valence-corrected chi connectivity index (χ0v) is 12.5. The first-order chi connectivity index (χ1) is 10.2. The molecule has 0 unspecified atom stereocenters. The fourth-order valence-electron chi connectivity index (χ4n) is 2.33. The number of carbonyl (C=O) groups excluding carboxylic acids is 1. The highest BCUT2D eigenvalue weighted by molar-refractivity contribution is 5.93. The molecule has 1 aromatic rings. The molecule has 116 valence electrons. The number of nitrogens with one attached hydrogen (secondary N) is 2. The number of pyridine rings is 1. The number of unbranched alkanes of at least 4 members (excludes halogenated alkanes) is 1. The van der Waals surface area contributed by atoms with Gasteiger partial charge >= 0.3 is 0 Å². The first kappa shape index (κ1) is 15.7. The van der Waals surface area contributed by atoms with Crippen LogP contribution < -0.4 is 10.9 Å². The second-order valence-corrected chi connectivity index (χ2v) is 5.30. The van der Waals surface area contributed by atoms with Gasteiger partial charge in [-0.15, -0.1) is 0 Å². The van der Waals surface area contributed by atoms with Gasteiger partial charge < -0.3 is 15.0 Å². The van der Waals surface area contributed by atoms with Crippen molar-refractivity contribution in [3.63, 3.8) is 0 Å². The van der Waals surface area contributed by atoms with Gasteiger partial charge in [-0.1, -0.05) is 0 Å². The molecule has 0 spiro atoms. The van der Waals surface area contributed by atoms with E-state index in [9.17, 15) is 9.59 Å². The van der Waals surface area contributed by atoms with E-state index >= 15 is 0 Å². The van der Waals surface area contributed by atoms with Crippen LogP contribution in [-0.4, -0.2) is 55.2 Å². The van der Waals surface area contributed by atoms with Gasteiger partial charge in [-0.2, -0.15) is 0 Å². The second kappa shape index (κ2) is 7.95. The lowest BCUT2D eigenvalue weighted by molar-refractivity contribution is 0.0372. The van der Waals surface area contributed by atoms with E-state index < -0.39 is 0 Å². The lowest BCUT2D eigenvalue weighted by atomic mass is 10.2. The average Bonchev–Trinajstić information content (AvgIpc) is 2.47. The van der Waals surface area contributed by atoms with Crippen LogP contribution in [0.3, 0.4) is 0 Å². The molecule has 0 saturated carbocycles. The molecule has 2 rings (SSSR count). The first-order valence-electron chi connectivity index (χ1n) is 7.45. The van der Waals surface area contributed by atoms with Crippen molar-refractivity contribution in [2.45, 2.75) is 19.8 Å². The molecule has 0 aromatic carbocycles. The van der Waals surface area contributed by atoms with Gasteiger partial charge in [0, 0.05) is 25.3 Å². The van der Waals surface area contributed by atoms with Crippen LogP contribution in [0.1, 0.15) is 28.9 Å². The molecule has 0 bridgehead atoms. The van der Waals surface area contributed by atoms with Crippen LogP contribution in [0.15, 0.2) is 16.9 Å². The summed E-state index contributed by atoms with van der Waals surface area (Å²) in [6, 6.07) is 3.30. The summed E-state index contributed by atoms with van der Waals surface area (Å²) < 4.78 is 5.30. The maximum absolute atomic E-state index is 11.9. The summed E-state index contributed by atoms with van der Waals surface area (Å²) in [5.74, 6) is -0.303. The fraction of sp³-hybridized carbons (Fsp3) is 0.600. The number of rotatable bonds is 6. The minimum Gasteiger partial charge on any atom is -0.379 e. The summed E-state index contributed by atoms with van der Waals surface area (Å²) in [7, 11) is 0. The molecule has 0 radical (unpaired) electrons. The maximum Gasteiger partial charge on any atom is 0.260 e. The third-order valence-corrected chi connectivity index (χ3v) is 3.59. The van der Waals surface area contributed by atoms with E-state index in [1.807, 2.05) is 0 Å². The molecule has 1 saturated heterocycles. The number of aryl methyl sites for hydroxylation is 1. The van der Waals surface area contributed by atoms with Gasteiger partial charge in [0.25, 0.3) is 11.5 Å². The maximum atomic E-state index is 11.9. The Balaban J connectivity index is 1.66. The Bertz CT molecular complexity index is 521. The molecule has 6 nitrogen and oxygen atoms in total. The number of morpholine rings is 1. The van der Waals surface area contributed by atoms with Gasteiger partial charge in [-0.05, 0) is 38.4 Å². The lowest BCUT2D eigenvalue weighted by Gasteiger charge is -2.26. The highest BCUT2D eigenvalue weighted by Gasteiger charge is 2.11. The first-order valence-corrected chi connectivity index (χ1v) is 7.45. The Morgan fingerprint density at radius 1 is 1.33 bits per heavy atom. The largest absolute Gasteiger partial charge is 0.379 e. The number of carbonyl (C=O) groups is 1. The van der Waals surface area contributed by atoms with E-state index in [0.29, 0.717) is 6.54 Å². The quantitative estimate of drug-likeness (QED) is 0.750. The van der Waals surface area contributed by atoms with Gasteiger partial charge in [-0.3, -0.25) is 14.5 Å². The number of aromatic nitrogens is 1. The van der Waals surface area contributed by atoms with E-state index in [1.54, 1.807) is 19.1 Å². The van der Waals surface area contributed by atoms with Crippen LogP contribution in [0.2, 0.25) is 0 Å². The Morgan fingerprint density at radius 3 is 2.81 bits per heavy atom. The standard InChI is InChI=1S/C15H23N3O3/c1-12-4-5-13(15(20)17-12)14(19)16-6-2-3-7-18-8-10-21-11-9-18/h4-5H,2-3,6-11H2,1H3,(H,16,19)(H,17,20). The van der Waals surface area contributed by atoms with Crippen molar-refractivity contribution in [2.24, 2.45) is 0 Å². The Hall–Kier alpha value is -1.66. The third-order valence-electron chi connectivity index (χ3n) is 3.59. The van der Waals surface area contributed by atoms with Crippen molar-refractivity contribution in [1.82, 2.24) is 15.2 Å². The van der Waals surface area contributed by atoms with Crippen LogP contribution in [0.25, 0.3) is 0 Å². The topological polar surface area (TPSA) is 74.4 Å². The van der Waals surface area contributed by atoms with Gasteiger partial charge in [0.15, 0.2) is 0 Å². The molecule has 6 heteroatoms. The Kier molecular flexibility index (Phi) is 5.95. The molecule has 2 N–H and O–H groups in total. The monoisotopic (exact) mass is 293 g/mol. The van der Waals surface area contributed by atoms with Crippen molar-refractivity contribution in [3.05, 3.63) is 33.7 Å². The molecular weight excluding hydrogens is 270 g/mol. The van der Waals surface area contributed by atoms with Crippen molar-refractivity contribution in [3.8, 4) is 0 Å². The minimum absolute atomic E-state index is 0.175. The third kappa shape index (κ3) is 4.99. The minimum atomic E-state index is -0.333. The summed E-state index contributed by atoms with van der Waals surface area (Å²) in [6.45, 7) is 7.02. The molecular formula is C15H23N3O3. The summed E-state index contributed by atoms with van der Waals surface area (Å²) in [6.07, 6.45) is 1.94.